The maximum atomic E-state index is 14.0. The molecule has 0 spiro atoms. The molecular formula is C23H28FNO3. The second-order valence-electron chi connectivity index (χ2n) is 7.49. The van der Waals surface area contributed by atoms with Crippen molar-refractivity contribution in [3.05, 3.63) is 71.6 Å². The molecule has 4 N–H and O–H groups in total. The van der Waals surface area contributed by atoms with Crippen molar-refractivity contribution in [3.8, 4) is 0 Å². The Morgan fingerprint density at radius 2 is 1.86 bits per heavy atom. The van der Waals surface area contributed by atoms with Crippen molar-refractivity contribution >= 4 is 10.8 Å². The number of hydrogen-bond acceptors (Lipinski definition) is 4. The van der Waals surface area contributed by atoms with Gasteiger partial charge in [0, 0.05) is 24.3 Å². The van der Waals surface area contributed by atoms with E-state index >= 15 is 0 Å². The third kappa shape index (κ3) is 5.06. The van der Waals surface area contributed by atoms with Crippen molar-refractivity contribution in [2.24, 2.45) is 11.8 Å². The van der Waals surface area contributed by atoms with Gasteiger partial charge in [-0.05, 0) is 41.3 Å². The van der Waals surface area contributed by atoms with Gasteiger partial charge in [-0.3, -0.25) is 5.32 Å². The first-order valence-electron chi connectivity index (χ1n) is 9.77. The van der Waals surface area contributed by atoms with Gasteiger partial charge >= 0.3 is 0 Å². The zero-order valence-corrected chi connectivity index (χ0v) is 16.1. The fourth-order valence-corrected chi connectivity index (χ4v) is 3.72. The van der Waals surface area contributed by atoms with Gasteiger partial charge in [0.1, 0.15) is 12.0 Å². The largest absolute Gasteiger partial charge is 0.378 e. The average Bonchev–Trinajstić information content (AvgIpc) is 2.70. The van der Waals surface area contributed by atoms with Crippen LogP contribution in [0.5, 0.6) is 0 Å². The first kappa shape index (κ1) is 20.7. The second-order valence-corrected chi connectivity index (χ2v) is 7.49. The monoisotopic (exact) mass is 385 g/mol. The summed E-state index contributed by atoms with van der Waals surface area (Å²) in [5.74, 6) is 0.0426. The lowest BCUT2D eigenvalue weighted by atomic mass is 9.85. The Labute approximate surface area is 165 Å². The Bertz CT molecular complexity index is 862. The highest BCUT2D eigenvalue weighted by Crippen LogP contribution is 2.29. The molecule has 2 aromatic rings. The van der Waals surface area contributed by atoms with Gasteiger partial charge in [0.25, 0.3) is 0 Å². The maximum absolute atomic E-state index is 14.0. The van der Waals surface area contributed by atoms with Crippen LogP contribution < -0.4 is 5.32 Å². The molecule has 0 saturated carbocycles. The molecule has 1 aliphatic carbocycles. The predicted molar refractivity (Wildman–Crippen MR) is 109 cm³/mol. The third-order valence-electron chi connectivity index (χ3n) is 5.38. The van der Waals surface area contributed by atoms with E-state index in [1.165, 1.54) is 11.6 Å². The Morgan fingerprint density at radius 1 is 1.11 bits per heavy atom. The molecule has 0 aliphatic heterocycles. The summed E-state index contributed by atoms with van der Waals surface area (Å²) in [5.41, 5.74) is 2.34. The fourth-order valence-electron chi connectivity index (χ4n) is 3.72. The number of rotatable bonds is 8. The van der Waals surface area contributed by atoms with Crippen LogP contribution in [0, 0.1) is 17.7 Å². The average molecular weight is 385 g/mol. The molecule has 0 heterocycles. The molecular weight excluding hydrogens is 357 g/mol. The van der Waals surface area contributed by atoms with Gasteiger partial charge in [-0.15, -0.1) is 0 Å². The van der Waals surface area contributed by atoms with Crippen LogP contribution in [-0.4, -0.2) is 34.4 Å². The quantitative estimate of drug-likeness (QED) is 0.527. The highest BCUT2D eigenvalue weighted by molar-refractivity contribution is 5.86. The van der Waals surface area contributed by atoms with E-state index in [0.717, 1.165) is 23.8 Å². The van der Waals surface area contributed by atoms with Crippen LogP contribution in [0.25, 0.3) is 10.8 Å². The zero-order valence-electron chi connectivity index (χ0n) is 16.1. The first-order valence-corrected chi connectivity index (χ1v) is 9.77. The molecule has 0 aromatic heterocycles. The molecule has 2 aromatic carbocycles. The summed E-state index contributed by atoms with van der Waals surface area (Å²) in [6.07, 6.45) is 5.83. The summed E-state index contributed by atoms with van der Waals surface area (Å²) >= 11 is 0. The van der Waals surface area contributed by atoms with E-state index in [1.807, 2.05) is 36.4 Å². The lowest BCUT2D eigenvalue weighted by molar-refractivity contribution is -0.0471. The summed E-state index contributed by atoms with van der Waals surface area (Å²) in [6.45, 7) is 2.50. The molecule has 0 radical (unpaired) electrons. The van der Waals surface area contributed by atoms with Crippen LogP contribution in [-0.2, 0) is 6.42 Å². The SMILES string of the molecule is CC(Cc1ccc(F)c2ccccc12)C1=CCC(C(O)NCCC(O)O)C=C1. The minimum absolute atomic E-state index is 0.0431. The third-order valence-corrected chi connectivity index (χ3v) is 5.38. The predicted octanol–water partition coefficient (Wildman–Crippen LogP) is 3.27. The molecule has 0 fully saturated rings. The van der Waals surface area contributed by atoms with E-state index in [2.05, 4.69) is 24.4 Å². The van der Waals surface area contributed by atoms with Gasteiger partial charge in [-0.25, -0.2) is 4.39 Å². The number of fused-ring (bicyclic) bond motifs is 1. The molecule has 5 heteroatoms. The summed E-state index contributed by atoms with van der Waals surface area (Å²) < 4.78 is 14.0. The number of aliphatic hydroxyl groups is 3. The van der Waals surface area contributed by atoms with Crippen LogP contribution >= 0.6 is 0 Å². The van der Waals surface area contributed by atoms with Gasteiger partial charge in [0.05, 0.1) is 0 Å². The smallest absolute Gasteiger partial charge is 0.152 e. The Morgan fingerprint density at radius 3 is 2.54 bits per heavy atom. The van der Waals surface area contributed by atoms with Gasteiger partial charge < -0.3 is 15.3 Å². The highest BCUT2D eigenvalue weighted by atomic mass is 19.1. The van der Waals surface area contributed by atoms with Crippen molar-refractivity contribution in [1.82, 2.24) is 5.32 Å². The molecule has 3 atom stereocenters. The number of allylic oxidation sites excluding steroid dienone is 3. The van der Waals surface area contributed by atoms with Crippen molar-refractivity contribution in [2.45, 2.75) is 38.7 Å². The number of halogens is 1. The lowest BCUT2D eigenvalue weighted by Crippen LogP contribution is -2.37. The van der Waals surface area contributed by atoms with Crippen molar-refractivity contribution in [2.75, 3.05) is 6.54 Å². The number of aliphatic hydroxyl groups excluding tert-OH is 2. The molecule has 0 amide bonds. The van der Waals surface area contributed by atoms with E-state index in [9.17, 15) is 9.50 Å². The van der Waals surface area contributed by atoms with E-state index < -0.39 is 12.5 Å². The molecule has 150 valence electrons. The van der Waals surface area contributed by atoms with E-state index in [0.29, 0.717) is 11.9 Å². The van der Waals surface area contributed by atoms with E-state index in [-0.39, 0.29) is 24.1 Å². The van der Waals surface area contributed by atoms with Crippen LogP contribution in [0.15, 0.2) is 60.2 Å². The Balaban J connectivity index is 1.61. The molecule has 4 nitrogen and oxygen atoms in total. The van der Waals surface area contributed by atoms with Gasteiger partial charge in [0.15, 0.2) is 6.29 Å². The lowest BCUT2D eigenvalue weighted by Gasteiger charge is -2.25. The van der Waals surface area contributed by atoms with Crippen molar-refractivity contribution in [1.29, 1.82) is 0 Å². The number of nitrogens with one attached hydrogen (secondary N) is 1. The van der Waals surface area contributed by atoms with Crippen LogP contribution in [0.1, 0.15) is 25.3 Å². The zero-order chi connectivity index (χ0) is 20.1. The molecule has 1 aliphatic rings. The molecule has 0 bridgehead atoms. The van der Waals surface area contributed by atoms with Crippen molar-refractivity contribution in [3.63, 3.8) is 0 Å². The molecule has 28 heavy (non-hydrogen) atoms. The normalized spacial score (nSPS) is 19.1. The van der Waals surface area contributed by atoms with E-state index in [1.54, 1.807) is 0 Å². The number of hydrogen-bond donors (Lipinski definition) is 4. The molecule has 0 saturated heterocycles. The van der Waals surface area contributed by atoms with Crippen LogP contribution in [0.2, 0.25) is 0 Å². The summed E-state index contributed by atoms with van der Waals surface area (Å²) in [6, 6.07) is 11.0. The molecule has 3 rings (SSSR count). The van der Waals surface area contributed by atoms with Gasteiger partial charge in [-0.2, -0.15) is 0 Å². The summed E-state index contributed by atoms with van der Waals surface area (Å²) in [5, 5.41) is 32.5. The maximum Gasteiger partial charge on any atom is 0.152 e. The molecule has 3 unspecified atom stereocenters. The standard InChI is InChI=1S/C23H28FNO3/c1-15(14-18-10-11-21(24)20-5-3-2-4-19(18)20)16-6-8-17(9-7-16)23(28)25-13-12-22(26)27/h2-8,10-11,15,17,22-23,25-28H,9,12-14H2,1H3. The van der Waals surface area contributed by atoms with Gasteiger partial charge in [0.2, 0.25) is 0 Å². The number of benzene rings is 2. The first-order chi connectivity index (χ1) is 13.5. The second kappa shape index (κ2) is 9.43. The topological polar surface area (TPSA) is 72.7 Å². The summed E-state index contributed by atoms with van der Waals surface area (Å²) in [7, 11) is 0. The van der Waals surface area contributed by atoms with Crippen LogP contribution in [0.3, 0.4) is 0 Å². The fraction of sp³-hybridized carbons (Fsp3) is 0.391. The Kier molecular flexibility index (Phi) is 6.97. The van der Waals surface area contributed by atoms with Crippen LogP contribution in [0.4, 0.5) is 4.39 Å². The highest BCUT2D eigenvalue weighted by Gasteiger charge is 2.20. The van der Waals surface area contributed by atoms with E-state index in [4.69, 9.17) is 10.2 Å². The minimum Gasteiger partial charge on any atom is -0.378 e. The van der Waals surface area contributed by atoms with Crippen molar-refractivity contribution < 1.29 is 19.7 Å². The summed E-state index contributed by atoms with van der Waals surface area (Å²) in [4.78, 5) is 0. The Hall–Kier alpha value is -2.05. The minimum atomic E-state index is -1.36. The van der Waals surface area contributed by atoms with Gasteiger partial charge in [-0.1, -0.05) is 55.5 Å².